The molecule has 1 aliphatic heterocycles. The number of fused-ring (bicyclic) bond motifs is 1. The minimum atomic E-state index is -0.587. The fourth-order valence-corrected chi connectivity index (χ4v) is 5.32. The molecule has 4 nitrogen and oxygen atoms in total. The van der Waals surface area contributed by atoms with Gasteiger partial charge < -0.3 is 14.6 Å². The number of likely N-dealkylation sites (tertiary alicyclic amines) is 1. The third-order valence-electron chi connectivity index (χ3n) is 6.88. The molecule has 0 spiro atoms. The zero-order valence-corrected chi connectivity index (χ0v) is 18.1. The van der Waals surface area contributed by atoms with Gasteiger partial charge in [-0.25, -0.2) is 0 Å². The van der Waals surface area contributed by atoms with E-state index in [4.69, 9.17) is 9.47 Å². The molecule has 0 unspecified atom stereocenters. The maximum atomic E-state index is 11.5. The van der Waals surface area contributed by atoms with Crippen LogP contribution in [0.3, 0.4) is 0 Å². The van der Waals surface area contributed by atoms with E-state index in [9.17, 15) is 5.11 Å². The first-order valence-corrected chi connectivity index (χ1v) is 11.0. The third-order valence-corrected chi connectivity index (χ3v) is 6.88. The summed E-state index contributed by atoms with van der Waals surface area (Å²) < 4.78 is 11.3. The Morgan fingerprint density at radius 2 is 1.90 bits per heavy atom. The molecule has 30 heavy (non-hydrogen) atoms. The van der Waals surface area contributed by atoms with E-state index in [1.165, 1.54) is 12.0 Å². The summed E-state index contributed by atoms with van der Waals surface area (Å²) in [7, 11) is 3.42. The fraction of sp³-hybridized carbons (Fsp3) is 0.462. The Morgan fingerprint density at radius 3 is 2.67 bits per heavy atom. The maximum Gasteiger partial charge on any atom is 0.123 e. The van der Waals surface area contributed by atoms with Crippen molar-refractivity contribution in [3.05, 3.63) is 65.7 Å². The SMILES string of the molecule is COc1ccc(OC)c([C@H]2[C@@H]3CCCC[C@]3(O)CCN2C/C=C/c2ccccc2)c1. The second-order valence-electron chi connectivity index (χ2n) is 8.57. The summed E-state index contributed by atoms with van der Waals surface area (Å²) in [6.07, 6.45) is 9.48. The van der Waals surface area contributed by atoms with Gasteiger partial charge in [-0.15, -0.1) is 0 Å². The summed E-state index contributed by atoms with van der Waals surface area (Å²) in [5.41, 5.74) is 1.74. The minimum absolute atomic E-state index is 0.106. The zero-order chi connectivity index (χ0) is 21.0. The Morgan fingerprint density at radius 1 is 1.07 bits per heavy atom. The molecule has 1 aliphatic carbocycles. The van der Waals surface area contributed by atoms with Crippen molar-refractivity contribution in [1.82, 2.24) is 4.90 Å². The lowest BCUT2D eigenvalue weighted by atomic mass is 9.66. The molecule has 0 aromatic heterocycles. The van der Waals surface area contributed by atoms with Crippen LogP contribution in [-0.4, -0.2) is 42.9 Å². The van der Waals surface area contributed by atoms with Crippen LogP contribution in [0.2, 0.25) is 0 Å². The Kier molecular flexibility index (Phi) is 6.45. The second-order valence-corrected chi connectivity index (χ2v) is 8.57. The highest BCUT2D eigenvalue weighted by Crippen LogP contribution is 2.51. The molecule has 0 bridgehead atoms. The second kappa shape index (κ2) is 9.23. The van der Waals surface area contributed by atoms with Crippen molar-refractivity contribution in [1.29, 1.82) is 0 Å². The number of hydrogen-bond acceptors (Lipinski definition) is 4. The predicted octanol–water partition coefficient (Wildman–Crippen LogP) is 5.09. The number of benzene rings is 2. The Labute approximate surface area is 180 Å². The first kappa shape index (κ1) is 21.0. The topological polar surface area (TPSA) is 41.9 Å². The molecule has 2 aromatic carbocycles. The van der Waals surface area contributed by atoms with E-state index < -0.39 is 5.60 Å². The lowest BCUT2D eigenvalue weighted by molar-refractivity contribution is -0.122. The summed E-state index contributed by atoms with van der Waals surface area (Å²) in [5, 5.41) is 11.5. The van der Waals surface area contributed by atoms with E-state index in [1.54, 1.807) is 14.2 Å². The van der Waals surface area contributed by atoms with Crippen LogP contribution < -0.4 is 9.47 Å². The summed E-state index contributed by atoms with van der Waals surface area (Å²) in [4.78, 5) is 2.50. The Bertz CT molecular complexity index is 866. The van der Waals surface area contributed by atoms with E-state index in [0.717, 1.165) is 55.8 Å². The molecule has 1 heterocycles. The first-order valence-electron chi connectivity index (χ1n) is 11.0. The lowest BCUT2D eigenvalue weighted by Gasteiger charge is -2.52. The van der Waals surface area contributed by atoms with E-state index in [1.807, 2.05) is 18.2 Å². The van der Waals surface area contributed by atoms with Gasteiger partial charge in [0.05, 0.1) is 19.8 Å². The number of hydrogen-bond donors (Lipinski definition) is 1. The van der Waals surface area contributed by atoms with Crippen molar-refractivity contribution in [2.45, 2.75) is 43.7 Å². The largest absolute Gasteiger partial charge is 0.497 e. The molecule has 1 saturated heterocycles. The molecule has 3 atom stereocenters. The molecule has 2 fully saturated rings. The van der Waals surface area contributed by atoms with Crippen LogP contribution in [0.4, 0.5) is 0 Å². The van der Waals surface area contributed by atoms with Crippen LogP contribution in [0.15, 0.2) is 54.6 Å². The van der Waals surface area contributed by atoms with Crippen molar-refractivity contribution in [2.24, 2.45) is 5.92 Å². The average molecular weight is 408 g/mol. The maximum absolute atomic E-state index is 11.5. The van der Waals surface area contributed by atoms with E-state index in [-0.39, 0.29) is 12.0 Å². The number of rotatable bonds is 6. The molecule has 4 heteroatoms. The third kappa shape index (κ3) is 4.26. The molecule has 1 N–H and O–H groups in total. The zero-order valence-electron chi connectivity index (χ0n) is 18.1. The van der Waals surface area contributed by atoms with E-state index in [0.29, 0.717) is 0 Å². The van der Waals surface area contributed by atoms with Gasteiger partial charge in [0.15, 0.2) is 0 Å². The van der Waals surface area contributed by atoms with Crippen LogP contribution in [0, 0.1) is 5.92 Å². The van der Waals surface area contributed by atoms with Crippen molar-refractivity contribution < 1.29 is 14.6 Å². The summed E-state index contributed by atoms with van der Waals surface area (Å²) in [6, 6.07) is 16.5. The first-order chi connectivity index (χ1) is 14.6. The molecule has 4 rings (SSSR count). The molecule has 0 amide bonds. The summed E-state index contributed by atoms with van der Waals surface area (Å²) in [6.45, 7) is 1.71. The van der Waals surface area contributed by atoms with Crippen molar-refractivity contribution >= 4 is 6.08 Å². The van der Waals surface area contributed by atoms with Gasteiger partial charge in [-0.3, -0.25) is 4.90 Å². The molecular weight excluding hydrogens is 374 g/mol. The Hall–Kier alpha value is -2.30. The van der Waals surface area contributed by atoms with Gasteiger partial charge in [0, 0.05) is 30.6 Å². The van der Waals surface area contributed by atoms with Crippen LogP contribution in [-0.2, 0) is 0 Å². The number of piperidine rings is 1. The molecule has 2 aliphatic rings. The highest BCUT2D eigenvalue weighted by atomic mass is 16.5. The molecule has 2 aromatic rings. The molecule has 160 valence electrons. The van der Waals surface area contributed by atoms with Crippen LogP contribution in [0.5, 0.6) is 11.5 Å². The van der Waals surface area contributed by atoms with Gasteiger partial charge in [0.1, 0.15) is 11.5 Å². The number of ether oxygens (including phenoxy) is 2. The standard InChI is InChI=1S/C26H33NO3/c1-29-21-13-14-24(30-2)22(19-21)25-23-12-6-7-15-26(23,28)16-18-27(25)17-8-11-20-9-4-3-5-10-20/h3-5,8-11,13-14,19,23,25,28H,6-7,12,15-18H2,1-2H3/b11-8+/t23-,25-,26-/m0/s1. The molecule has 0 radical (unpaired) electrons. The van der Waals surface area contributed by atoms with Crippen molar-refractivity contribution in [3.8, 4) is 11.5 Å². The fourth-order valence-electron chi connectivity index (χ4n) is 5.32. The highest BCUT2D eigenvalue weighted by molar-refractivity contribution is 5.49. The minimum Gasteiger partial charge on any atom is -0.497 e. The van der Waals surface area contributed by atoms with Crippen LogP contribution >= 0.6 is 0 Å². The van der Waals surface area contributed by atoms with Gasteiger partial charge in [-0.1, -0.05) is 55.3 Å². The summed E-state index contributed by atoms with van der Waals surface area (Å²) in [5.74, 6) is 1.90. The lowest BCUT2D eigenvalue weighted by Crippen LogP contribution is -2.54. The monoisotopic (exact) mass is 407 g/mol. The smallest absolute Gasteiger partial charge is 0.123 e. The molecular formula is C26H33NO3. The number of aliphatic hydroxyl groups is 1. The van der Waals surface area contributed by atoms with Gasteiger partial charge in [0.25, 0.3) is 0 Å². The van der Waals surface area contributed by atoms with E-state index >= 15 is 0 Å². The quantitative estimate of drug-likeness (QED) is 0.725. The van der Waals surface area contributed by atoms with Crippen molar-refractivity contribution in [3.63, 3.8) is 0 Å². The normalized spacial score (nSPS) is 27.0. The summed E-state index contributed by atoms with van der Waals surface area (Å²) >= 11 is 0. The predicted molar refractivity (Wildman–Crippen MR) is 121 cm³/mol. The van der Waals surface area contributed by atoms with Gasteiger partial charge in [0.2, 0.25) is 0 Å². The van der Waals surface area contributed by atoms with Crippen LogP contribution in [0.25, 0.3) is 6.08 Å². The van der Waals surface area contributed by atoms with Gasteiger partial charge in [-0.2, -0.15) is 0 Å². The van der Waals surface area contributed by atoms with Crippen molar-refractivity contribution in [2.75, 3.05) is 27.3 Å². The van der Waals surface area contributed by atoms with Gasteiger partial charge in [-0.05, 0) is 43.0 Å². The van der Waals surface area contributed by atoms with Crippen LogP contribution in [0.1, 0.15) is 49.3 Å². The Balaban J connectivity index is 1.67. The average Bonchev–Trinajstić information content (AvgIpc) is 2.79. The van der Waals surface area contributed by atoms with Gasteiger partial charge >= 0.3 is 0 Å². The highest BCUT2D eigenvalue weighted by Gasteiger charge is 2.49. The number of methoxy groups -OCH3 is 2. The molecule has 1 saturated carbocycles. The van der Waals surface area contributed by atoms with E-state index in [2.05, 4.69) is 47.4 Å². The number of nitrogens with zero attached hydrogens (tertiary/aromatic N) is 1.